The maximum Gasteiger partial charge on any atom is 0.248 e. The Labute approximate surface area is 87.5 Å². The summed E-state index contributed by atoms with van der Waals surface area (Å²) in [6.07, 6.45) is 2.49. The average Bonchev–Trinajstić information content (AvgIpc) is 2.20. The first-order valence-corrected chi connectivity index (χ1v) is 4.31. The van der Waals surface area contributed by atoms with E-state index >= 15 is 0 Å². The number of nitrogens with zero attached hydrogens (tertiary/aromatic N) is 2. The van der Waals surface area contributed by atoms with Crippen LogP contribution in [0.2, 0.25) is 0 Å². The summed E-state index contributed by atoms with van der Waals surface area (Å²) in [6, 6.07) is 5.01. The second-order valence-corrected chi connectivity index (χ2v) is 2.91. The molecule has 15 heavy (non-hydrogen) atoms. The van der Waals surface area contributed by atoms with Gasteiger partial charge in [-0.05, 0) is 30.7 Å². The molecule has 5 nitrogen and oxygen atoms in total. The van der Waals surface area contributed by atoms with Crippen LogP contribution in [-0.2, 0) is 0 Å². The molecule has 0 unspecified atom stereocenters. The zero-order valence-corrected chi connectivity index (χ0v) is 8.34. The summed E-state index contributed by atoms with van der Waals surface area (Å²) in [6.45, 7) is 1.84. The molecule has 0 heterocycles. The van der Waals surface area contributed by atoms with Crippen molar-refractivity contribution in [3.63, 3.8) is 0 Å². The van der Waals surface area contributed by atoms with Crippen molar-refractivity contribution in [2.45, 2.75) is 6.92 Å². The Morgan fingerprint density at radius 3 is 2.73 bits per heavy atom. The van der Waals surface area contributed by atoms with Crippen LogP contribution in [0.15, 0.2) is 28.2 Å². The summed E-state index contributed by atoms with van der Waals surface area (Å²) in [5.41, 5.74) is 12.2. The van der Waals surface area contributed by atoms with E-state index in [1.54, 1.807) is 18.2 Å². The van der Waals surface area contributed by atoms with Gasteiger partial charge in [0.05, 0.1) is 12.0 Å². The van der Waals surface area contributed by atoms with Gasteiger partial charge in [-0.25, -0.2) is 9.98 Å². The third kappa shape index (κ3) is 2.91. The van der Waals surface area contributed by atoms with Gasteiger partial charge in [-0.3, -0.25) is 4.79 Å². The first-order chi connectivity index (χ1) is 7.15. The van der Waals surface area contributed by atoms with Crippen LogP contribution in [-0.4, -0.2) is 18.6 Å². The molecule has 4 N–H and O–H groups in total. The fraction of sp³-hybridized carbons (Fsp3) is 0.100. The number of carbonyl (C=O) groups is 1. The highest BCUT2D eigenvalue weighted by Gasteiger charge is 2.02. The van der Waals surface area contributed by atoms with Gasteiger partial charge >= 0.3 is 0 Å². The molecule has 0 spiro atoms. The molecule has 0 fully saturated rings. The molecule has 0 aliphatic carbocycles. The van der Waals surface area contributed by atoms with Crippen molar-refractivity contribution in [2.75, 3.05) is 0 Å². The van der Waals surface area contributed by atoms with Crippen LogP contribution in [0, 0.1) is 6.92 Å². The SMILES string of the molecule is Cc1cc(C(N)=O)ccc1N=CN=CN. The topological polar surface area (TPSA) is 93.8 Å². The molecule has 1 amide bonds. The van der Waals surface area contributed by atoms with E-state index in [2.05, 4.69) is 9.98 Å². The maximum absolute atomic E-state index is 10.9. The number of amides is 1. The van der Waals surface area contributed by atoms with E-state index in [-0.39, 0.29) is 0 Å². The predicted octanol–water partition coefficient (Wildman–Crippen LogP) is 0.741. The zero-order chi connectivity index (χ0) is 11.3. The van der Waals surface area contributed by atoms with Crippen LogP contribution in [0.5, 0.6) is 0 Å². The number of carbonyl (C=O) groups excluding carboxylic acids is 1. The van der Waals surface area contributed by atoms with Gasteiger partial charge in [0.25, 0.3) is 0 Å². The lowest BCUT2D eigenvalue weighted by molar-refractivity contribution is 0.100. The standard InChI is InChI=1S/C10H12N4O/c1-7-4-8(10(12)15)2-3-9(7)14-6-13-5-11/h2-6H,1H3,(H2,12,15)(H2,11,13,14). The fourth-order valence-electron chi connectivity index (χ4n) is 1.09. The monoisotopic (exact) mass is 204 g/mol. The van der Waals surface area contributed by atoms with Gasteiger partial charge in [-0.1, -0.05) is 0 Å². The summed E-state index contributed by atoms with van der Waals surface area (Å²) >= 11 is 0. The van der Waals surface area contributed by atoms with Gasteiger partial charge in [0, 0.05) is 5.56 Å². The van der Waals surface area contributed by atoms with E-state index in [4.69, 9.17) is 11.5 Å². The molecular formula is C10H12N4O. The van der Waals surface area contributed by atoms with Crippen molar-refractivity contribution < 1.29 is 4.79 Å². The van der Waals surface area contributed by atoms with E-state index in [0.29, 0.717) is 5.56 Å². The van der Waals surface area contributed by atoms with Gasteiger partial charge < -0.3 is 11.5 Å². The minimum Gasteiger partial charge on any atom is -0.390 e. The first-order valence-electron chi connectivity index (χ1n) is 4.31. The number of hydrogen-bond donors (Lipinski definition) is 2. The Morgan fingerprint density at radius 2 is 2.20 bits per heavy atom. The number of aryl methyl sites for hydroxylation is 1. The Hall–Kier alpha value is -2.17. The highest BCUT2D eigenvalue weighted by atomic mass is 16.1. The number of primary amides is 1. The summed E-state index contributed by atoms with van der Waals surface area (Å²) in [7, 11) is 0. The lowest BCUT2D eigenvalue weighted by Crippen LogP contribution is -2.10. The maximum atomic E-state index is 10.9. The summed E-state index contributed by atoms with van der Waals surface area (Å²) in [4.78, 5) is 18.5. The Kier molecular flexibility index (Phi) is 3.56. The van der Waals surface area contributed by atoms with Gasteiger partial charge in [0.15, 0.2) is 0 Å². The smallest absolute Gasteiger partial charge is 0.248 e. The molecule has 1 aromatic carbocycles. The first kappa shape index (κ1) is 10.9. The van der Waals surface area contributed by atoms with Crippen LogP contribution in [0.1, 0.15) is 15.9 Å². The van der Waals surface area contributed by atoms with Crippen LogP contribution in [0.3, 0.4) is 0 Å². The van der Waals surface area contributed by atoms with Gasteiger partial charge in [0.1, 0.15) is 6.34 Å². The summed E-state index contributed by atoms with van der Waals surface area (Å²) in [5.74, 6) is -0.450. The average molecular weight is 204 g/mol. The van der Waals surface area contributed by atoms with Crippen LogP contribution in [0.4, 0.5) is 5.69 Å². The van der Waals surface area contributed by atoms with E-state index in [0.717, 1.165) is 17.6 Å². The molecule has 0 aliphatic heterocycles. The molecule has 0 saturated heterocycles. The fourth-order valence-corrected chi connectivity index (χ4v) is 1.09. The number of nitrogens with two attached hydrogens (primary N) is 2. The zero-order valence-electron chi connectivity index (χ0n) is 8.34. The largest absolute Gasteiger partial charge is 0.390 e. The van der Waals surface area contributed by atoms with Crippen LogP contribution < -0.4 is 11.5 Å². The highest BCUT2D eigenvalue weighted by Crippen LogP contribution is 2.18. The number of hydrogen-bond acceptors (Lipinski definition) is 2. The molecule has 0 bridgehead atoms. The molecule has 0 atom stereocenters. The lowest BCUT2D eigenvalue weighted by Gasteiger charge is -2.01. The van der Waals surface area contributed by atoms with Gasteiger partial charge in [0.2, 0.25) is 5.91 Å². The summed E-state index contributed by atoms with van der Waals surface area (Å²) in [5, 5.41) is 0. The van der Waals surface area contributed by atoms with E-state index in [1.165, 1.54) is 6.34 Å². The van der Waals surface area contributed by atoms with Crippen molar-refractivity contribution in [1.82, 2.24) is 0 Å². The minimum atomic E-state index is -0.450. The third-order valence-corrected chi connectivity index (χ3v) is 1.83. The Bertz CT molecular complexity index is 423. The van der Waals surface area contributed by atoms with Gasteiger partial charge in [-0.2, -0.15) is 0 Å². The predicted molar refractivity (Wildman–Crippen MR) is 60.5 cm³/mol. The molecule has 1 rings (SSSR count). The molecule has 0 aliphatic rings. The van der Waals surface area contributed by atoms with E-state index in [9.17, 15) is 4.79 Å². The van der Waals surface area contributed by atoms with Crippen molar-refractivity contribution in [1.29, 1.82) is 0 Å². The lowest BCUT2D eigenvalue weighted by atomic mass is 10.1. The van der Waals surface area contributed by atoms with E-state index in [1.807, 2.05) is 6.92 Å². The van der Waals surface area contributed by atoms with E-state index < -0.39 is 5.91 Å². The number of rotatable bonds is 3. The number of benzene rings is 1. The molecule has 1 aromatic rings. The summed E-state index contributed by atoms with van der Waals surface area (Å²) < 4.78 is 0. The molecule has 0 saturated carbocycles. The molecule has 0 radical (unpaired) electrons. The Balaban J connectivity index is 2.98. The van der Waals surface area contributed by atoms with Crippen molar-refractivity contribution >= 4 is 24.3 Å². The van der Waals surface area contributed by atoms with Crippen LogP contribution in [0.25, 0.3) is 0 Å². The highest BCUT2D eigenvalue weighted by molar-refractivity contribution is 5.93. The quantitative estimate of drug-likeness (QED) is 0.561. The van der Waals surface area contributed by atoms with Crippen LogP contribution >= 0.6 is 0 Å². The molecule has 78 valence electrons. The minimum absolute atomic E-state index is 0.450. The second kappa shape index (κ2) is 4.90. The van der Waals surface area contributed by atoms with Crippen molar-refractivity contribution in [2.24, 2.45) is 21.5 Å². The van der Waals surface area contributed by atoms with Crippen molar-refractivity contribution in [3.05, 3.63) is 29.3 Å². The Morgan fingerprint density at radius 1 is 1.47 bits per heavy atom. The van der Waals surface area contributed by atoms with Gasteiger partial charge in [-0.15, -0.1) is 0 Å². The molecular weight excluding hydrogens is 192 g/mol. The van der Waals surface area contributed by atoms with Crippen molar-refractivity contribution in [3.8, 4) is 0 Å². The molecule has 0 aromatic heterocycles. The molecule has 5 heteroatoms. The number of aliphatic imine (C=N–C) groups is 2. The second-order valence-electron chi connectivity index (χ2n) is 2.91. The third-order valence-electron chi connectivity index (χ3n) is 1.83. The normalized spacial score (nSPS) is 11.3.